The van der Waals surface area contributed by atoms with Gasteiger partial charge in [0.15, 0.2) is 0 Å². The Bertz CT molecular complexity index is 307. The van der Waals surface area contributed by atoms with E-state index in [0.717, 1.165) is 26.2 Å². The van der Waals surface area contributed by atoms with Crippen LogP contribution in [0, 0.1) is 0 Å². The third kappa shape index (κ3) is 5.89. The van der Waals surface area contributed by atoms with Gasteiger partial charge in [-0.25, -0.2) is 0 Å². The maximum Gasteiger partial charge on any atom is 0.0205 e. The van der Waals surface area contributed by atoms with E-state index in [0.29, 0.717) is 0 Å². The molecule has 0 aliphatic rings. The Balaban J connectivity index is 2.13. The first-order chi connectivity index (χ1) is 8.80. The first-order valence-electron chi connectivity index (χ1n) is 6.86. The van der Waals surface area contributed by atoms with E-state index in [4.69, 9.17) is 0 Å². The Kier molecular flexibility index (Phi) is 8.14. The Hall–Kier alpha value is -0.510. The summed E-state index contributed by atoms with van der Waals surface area (Å²) in [4.78, 5) is 3.80. The maximum absolute atomic E-state index is 3.51. The van der Waals surface area contributed by atoms with Gasteiger partial charge in [0.2, 0.25) is 0 Å². The van der Waals surface area contributed by atoms with Crippen LogP contribution in [0.25, 0.3) is 0 Å². The summed E-state index contributed by atoms with van der Waals surface area (Å²) < 4.78 is 0. The van der Waals surface area contributed by atoms with Gasteiger partial charge >= 0.3 is 0 Å². The zero-order valence-electron chi connectivity index (χ0n) is 11.9. The van der Waals surface area contributed by atoms with E-state index in [2.05, 4.69) is 54.6 Å². The third-order valence-corrected chi connectivity index (χ3v) is 3.95. The fourth-order valence-electron chi connectivity index (χ4n) is 1.94. The zero-order valence-corrected chi connectivity index (χ0v) is 12.7. The summed E-state index contributed by atoms with van der Waals surface area (Å²) in [7, 11) is 0. The quantitative estimate of drug-likeness (QED) is 0.546. The molecule has 0 aliphatic heterocycles. The molecule has 0 saturated carbocycles. The van der Waals surface area contributed by atoms with E-state index in [9.17, 15) is 0 Å². The van der Waals surface area contributed by atoms with Crippen LogP contribution < -0.4 is 5.32 Å². The molecule has 1 rings (SSSR count). The Morgan fingerprint density at radius 1 is 1.11 bits per heavy atom. The molecule has 1 aromatic rings. The highest BCUT2D eigenvalue weighted by molar-refractivity contribution is 7.98. The van der Waals surface area contributed by atoms with Crippen molar-refractivity contribution in [2.75, 3.05) is 32.4 Å². The van der Waals surface area contributed by atoms with Crippen LogP contribution in [0.1, 0.15) is 25.8 Å². The van der Waals surface area contributed by atoms with E-state index >= 15 is 0 Å². The fraction of sp³-hybridized carbons (Fsp3) is 0.600. The number of nitrogens with zero attached hydrogens (tertiary/aromatic N) is 1. The van der Waals surface area contributed by atoms with Crippen molar-refractivity contribution in [3.8, 4) is 0 Å². The van der Waals surface area contributed by atoms with Crippen molar-refractivity contribution in [1.82, 2.24) is 10.2 Å². The molecule has 0 aliphatic carbocycles. The van der Waals surface area contributed by atoms with Gasteiger partial charge in [-0.2, -0.15) is 0 Å². The molecule has 0 fully saturated rings. The van der Waals surface area contributed by atoms with Crippen LogP contribution in [0.3, 0.4) is 0 Å². The van der Waals surface area contributed by atoms with Crippen molar-refractivity contribution in [3.63, 3.8) is 0 Å². The van der Waals surface area contributed by atoms with Gasteiger partial charge in [-0.3, -0.25) is 0 Å². The number of thioether (sulfide) groups is 1. The average molecular weight is 266 g/mol. The minimum atomic E-state index is 0.979. The van der Waals surface area contributed by atoms with Crippen molar-refractivity contribution in [2.24, 2.45) is 0 Å². The van der Waals surface area contributed by atoms with Crippen LogP contribution in [0.2, 0.25) is 0 Å². The summed E-state index contributed by atoms with van der Waals surface area (Å²) in [5, 5.41) is 3.51. The molecule has 0 atom stereocenters. The summed E-state index contributed by atoms with van der Waals surface area (Å²) in [6.45, 7) is 10.0. The fourth-order valence-corrected chi connectivity index (χ4v) is 2.35. The Labute approximate surface area is 116 Å². The maximum atomic E-state index is 3.51. The van der Waals surface area contributed by atoms with E-state index < -0.39 is 0 Å². The Morgan fingerprint density at radius 2 is 1.78 bits per heavy atom. The van der Waals surface area contributed by atoms with Gasteiger partial charge in [0.1, 0.15) is 0 Å². The van der Waals surface area contributed by atoms with E-state index in [1.54, 1.807) is 11.8 Å². The summed E-state index contributed by atoms with van der Waals surface area (Å²) in [5.74, 6) is 0. The van der Waals surface area contributed by atoms with Gasteiger partial charge in [0.05, 0.1) is 0 Å². The minimum absolute atomic E-state index is 0.979. The average Bonchev–Trinajstić information content (AvgIpc) is 2.43. The van der Waals surface area contributed by atoms with Crippen molar-refractivity contribution >= 4 is 11.8 Å². The monoisotopic (exact) mass is 266 g/mol. The van der Waals surface area contributed by atoms with Crippen LogP contribution in [-0.2, 0) is 6.54 Å². The smallest absolute Gasteiger partial charge is 0.0205 e. The topological polar surface area (TPSA) is 15.3 Å². The van der Waals surface area contributed by atoms with Crippen LogP contribution >= 0.6 is 11.8 Å². The molecule has 0 bridgehead atoms. The van der Waals surface area contributed by atoms with Gasteiger partial charge in [0.25, 0.3) is 0 Å². The van der Waals surface area contributed by atoms with E-state index in [1.165, 1.54) is 23.4 Å². The molecule has 0 amide bonds. The molecule has 0 saturated heterocycles. The van der Waals surface area contributed by atoms with Gasteiger partial charge in [-0.15, -0.1) is 11.8 Å². The molecule has 0 aromatic heterocycles. The molecule has 3 heteroatoms. The number of hydrogen-bond donors (Lipinski definition) is 1. The van der Waals surface area contributed by atoms with Crippen LogP contribution in [0.5, 0.6) is 0 Å². The third-order valence-electron chi connectivity index (χ3n) is 3.21. The van der Waals surface area contributed by atoms with Crippen LogP contribution in [-0.4, -0.2) is 37.3 Å². The van der Waals surface area contributed by atoms with Gasteiger partial charge < -0.3 is 10.2 Å². The van der Waals surface area contributed by atoms with Gasteiger partial charge in [-0.1, -0.05) is 26.0 Å². The molecular formula is C15H26N2S. The first-order valence-corrected chi connectivity index (χ1v) is 8.08. The summed E-state index contributed by atoms with van der Waals surface area (Å²) in [6.07, 6.45) is 3.34. The van der Waals surface area contributed by atoms with Crippen molar-refractivity contribution in [3.05, 3.63) is 29.8 Å². The van der Waals surface area contributed by atoms with Crippen LogP contribution in [0.15, 0.2) is 29.2 Å². The first kappa shape index (κ1) is 15.5. The Morgan fingerprint density at radius 3 is 2.33 bits per heavy atom. The van der Waals surface area contributed by atoms with Gasteiger partial charge in [-0.05, 0) is 56.6 Å². The molecule has 0 spiro atoms. The molecule has 0 unspecified atom stereocenters. The molecule has 1 aromatic carbocycles. The highest BCUT2D eigenvalue weighted by atomic mass is 32.2. The summed E-state index contributed by atoms with van der Waals surface area (Å²) in [5.41, 5.74) is 1.37. The number of benzene rings is 1. The standard InChI is InChI=1S/C15H26N2S/c1-4-17(5-2)12-6-11-16-13-14-7-9-15(18-3)10-8-14/h7-10,16H,4-6,11-13H2,1-3H3. The SMILES string of the molecule is CCN(CC)CCCNCc1ccc(SC)cc1. The predicted molar refractivity (Wildman–Crippen MR) is 82.3 cm³/mol. The van der Waals surface area contributed by atoms with Crippen LogP contribution in [0.4, 0.5) is 0 Å². The van der Waals surface area contributed by atoms with E-state index in [-0.39, 0.29) is 0 Å². The molecule has 0 heterocycles. The van der Waals surface area contributed by atoms with Crippen molar-refractivity contribution < 1.29 is 0 Å². The molecule has 2 nitrogen and oxygen atoms in total. The van der Waals surface area contributed by atoms with Gasteiger partial charge in [0, 0.05) is 11.4 Å². The van der Waals surface area contributed by atoms with E-state index in [1.807, 2.05) is 0 Å². The number of rotatable bonds is 9. The molecular weight excluding hydrogens is 240 g/mol. The normalized spacial score (nSPS) is 11.1. The van der Waals surface area contributed by atoms with Crippen molar-refractivity contribution in [1.29, 1.82) is 0 Å². The second-order valence-corrected chi connectivity index (χ2v) is 5.28. The summed E-state index contributed by atoms with van der Waals surface area (Å²) >= 11 is 1.79. The molecule has 1 N–H and O–H groups in total. The zero-order chi connectivity index (χ0) is 13.2. The minimum Gasteiger partial charge on any atom is -0.313 e. The second kappa shape index (κ2) is 9.42. The lowest BCUT2D eigenvalue weighted by Crippen LogP contribution is -2.27. The number of nitrogens with one attached hydrogen (secondary N) is 1. The highest BCUT2D eigenvalue weighted by Gasteiger charge is 1.98. The molecule has 0 radical (unpaired) electrons. The van der Waals surface area contributed by atoms with Crippen molar-refractivity contribution in [2.45, 2.75) is 31.7 Å². The second-order valence-electron chi connectivity index (χ2n) is 4.41. The largest absolute Gasteiger partial charge is 0.313 e. The lowest BCUT2D eigenvalue weighted by atomic mass is 10.2. The lowest BCUT2D eigenvalue weighted by Gasteiger charge is -2.17. The molecule has 102 valence electrons. The summed E-state index contributed by atoms with van der Waals surface area (Å²) in [6, 6.07) is 8.81. The highest BCUT2D eigenvalue weighted by Crippen LogP contribution is 2.14. The predicted octanol–water partition coefficient (Wildman–Crippen LogP) is 3.23. The number of hydrogen-bond acceptors (Lipinski definition) is 3. The lowest BCUT2D eigenvalue weighted by molar-refractivity contribution is 0.298. The molecule has 18 heavy (non-hydrogen) atoms.